The first-order valence-electron chi connectivity index (χ1n) is 6.75. The first kappa shape index (κ1) is 14.2. The molecule has 1 aromatic carbocycles. The SMILES string of the molecule is C[n+]1noc([O-])c1CNC1CC(=O)N(c2ccccc2)C1=O. The summed E-state index contributed by atoms with van der Waals surface area (Å²) in [6.45, 7) is 0.102. The van der Waals surface area contributed by atoms with E-state index in [-0.39, 0.29) is 24.8 Å². The molecule has 114 valence electrons. The molecule has 1 atom stereocenters. The van der Waals surface area contributed by atoms with E-state index in [2.05, 4.69) is 15.1 Å². The van der Waals surface area contributed by atoms with Gasteiger partial charge in [-0.2, -0.15) is 0 Å². The maximum absolute atomic E-state index is 12.4. The highest BCUT2D eigenvalue weighted by Crippen LogP contribution is 2.22. The second-order valence-corrected chi connectivity index (χ2v) is 4.97. The number of nitrogens with zero attached hydrogens (tertiary/aromatic N) is 3. The van der Waals surface area contributed by atoms with E-state index in [1.165, 1.54) is 4.68 Å². The molecule has 0 saturated carbocycles. The van der Waals surface area contributed by atoms with Crippen LogP contribution in [-0.2, 0) is 23.2 Å². The van der Waals surface area contributed by atoms with Crippen LogP contribution in [0.4, 0.5) is 5.69 Å². The predicted molar refractivity (Wildman–Crippen MR) is 71.3 cm³/mol. The van der Waals surface area contributed by atoms with E-state index < -0.39 is 12.0 Å². The van der Waals surface area contributed by atoms with Crippen molar-refractivity contribution in [3.8, 4) is 5.95 Å². The molecule has 1 unspecified atom stereocenters. The molecule has 0 radical (unpaired) electrons. The third-order valence-corrected chi connectivity index (χ3v) is 3.55. The molecule has 2 amide bonds. The van der Waals surface area contributed by atoms with E-state index in [9.17, 15) is 14.7 Å². The number of nitrogens with one attached hydrogen (secondary N) is 1. The minimum Gasteiger partial charge on any atom is -0.539 e. The number of carbonyl (C=O) groups is 2. The number of para-hydroxylation sites is 1. The Morgan fingerprint density at radius 3 is 2.77 bits per heavy atom. The van der Waals surface area contributed by atoms with Gasteiger partial charge in [0.2, 0.25) is 11.6 Å². The van der Waals surface area contributed by atoms with Gasteiger partial charge in [0, 0.05) is 0 Å². The van der Waals surface area contributed by atoms with Crippen LogP contribution in [0, 0.1) is 0 Å². The number of carbonyl (C=O) groups excluding carboxylic acids is 2. The van der Waals surface area contributed by atoms with Crippen LogP contribution in [0.3, 0.4) is 0 Å². The molecular weight excluding hydrogens is 288 g/mol. The molecule has 1 fully saturated rings. The Hall–Kier alpha value is -2.74. The van der Waals surface area contributed by atoms with Crippen molar-refractivity contribution >= 4 is 17.5 Å². The van der Waals surface area contributed by atoms with Crippen molar-refractivity contribution in [3.05, 3.63) is 36.0 Å². The van der Waals surface area contributed by atoms with Crippen LogP contribution in [0.15, 0.2) is 34.9 Å². The van der Waals surface area contributed by atoms with Crippen molar-refractivity contribution in [3.63, 3.8) is 0 Å². The van der Waals surface area contributed by atoms with Gasteiger partial charge in [0.05, 0.1) is 30.0 Å². The van der Waals surface area contributed by atoms with E-state index in [4.69, 9.17) is 0 Å². The zero-order valence-corrected chi connectivity index (χ0v) is 11.9. The van der Waals surface area contributed by atoms with Gasteiger partial charge < -0.3 is 9.63 Å². The Labute approximate surface area is 125 Å². The van der Waals surface area contributed by atoms with E-state index in [1.54, 1.807) is 31.3 Å². The highest BCUT2D eigenvalue weighted by molar-refractivity contribution is 6.22. The Morgan fingerprint density at radius 2 is 2.14 bits per heavy atom. The number of aryl methyl sites for hydroxylation is 1. The second kappa shape index (κ2) is 5.57. The van der Waals surface area contributed by atoms with Gasteiger partial charge in [0.1, 0.15) is 0 Å². The summed E-state index contributed by atoms with van der Waals surface area (Å²) in [4.78, 5) is 25.6. The Kier molecular flexibility index (Phi) is 3.60. The number of imide groups is 1. The first-order chi connectivity index (χ1) is 10.6. The normalized spacial score (nSPS) is 18.2. The largest absolute Gasteiger partial charge is 0.539 e. The highest BCUT2D eigenvalue weighted by Gasteiger charge is 2.39. The standard InChI is InChI=1S/C14H14N4O4/c1-17-11(14(21)22-16-17)8-15-10-7-12(19)18(13(10)20)9-5-3-2-4-6-9/h2-6,10,15H,7-8H2,1H3. The van der Waals surface area contributed by atoms with Crippen LogP contribution >= 0.6 is 0 Å². The molecule has 8 heteroatoms. The summed E-state index contributed by atoms with van der Waals surface area (Å²) < 4.78 is 5.80. The molecule has 2 aromatic rings. The number of amides is 2. The Bertz CT molecular complexity index is 693. The maximum atomic E-state index is 12.4. The van der Waals surface area contributed by atoms with Gasteiger partial charge in [-0.25, -0.2) is 4.90 Å². The minimum atomic E-state index is -0.665. The fraction of sp³-hybridized carbons (Fsp3) is 0.286. The van der Waals surface area contributed by atoms with Crippen molar-refractivity contribution in [1.29, 1.82) is 0 Å². The molecule has 0 bridgehead atoms. The van der Waals surface area contributed by atoms with Crippen molar-refractivity contribution in [1.82, 2.24) is 10.6 Å². The molecule has 1 saturated heterocycles. The number of rotatable bonds is 4. The summed E-state index contributed by atoms with van der Waals surface area (Å²) in [7, 11) is 1.57. The third kappa shape index (κ3) is 2.44. The van der Waals surface area contributed by atoms with E-state index >= 15 is 0 Å². The fourth-order valence-corrected chi connectivity index (χ4v) is 2.38. The lowest BCUT2D eigenvalue weighted by atomic mass is 10.2. The molecule has 0 spiro atoms. The number of hydrogen-bond donors (Lipinski definition) is 1. The van der Waals surface area contributed by atoms with Crippen molar-refractivity contribution < 1.29 is 23.9 Å². The van der Waals surface area contributed by atoms with Crippen LogP contribution in [0.2, 0.25) is 0 Å². The quantitative estimate of drug-likeness (QED) is 0.574. The zero-order valence-electron chi connectivity index (χ0n) is 11.9. The average Bonchev–Trinajstić information content (AvgIpc) is 2.98. The second-order valence-electron chi connectivity index (χ2n) is 4.97. The molecule has 1 aliphatic heterocycles. The van der Waals surface area contributed by atoms with Crippen molar-refractivity contribution in [2.24, 2.45) is 7.05 Å². The predicted octanol–water partition coefficient (Wildman–Crippen LogP) is -1.01. The van der Waals surface area contributed by atoms with Crippen molar-refractivity contribution in [2.75, 3.05) is 4.90 Å². The Morgan fingerprint density at radius 1 is 1.41 bits per heavy atom. The van der Waals surface area contributed by atoms with Crippen LogP contribution in [0.1, 0.15) is 12.1 Å². The molecule has 0 aliphatic carbocycles. The van der Waals surface area contributed by atoms with Crippen molar-refractivity contribution in [2.45, 2.75) is 19.0 Å². The number of anilines is 1. The van der Waals surface area contributed by atoms with Gasteiger partial charge >= 0.3 is 0 Å². The summed E-state index contributed by atoms with van der Waals surface area (Å²) in [6, 6.07) is 8.07. The van der Waals surface area contributed by atoms with Crippen LogP contribution in [0.25, 0.3) is 0 Å². The lowest BCUT2D eigenvalue weighted by molar-refractivity contribution is -0.746. The average molecular weight is 302 g/mol. The highest BCUT2D eigenvalue weighted by atomic mass is 16.6. The molecular formula is C14H14N4O4. The van der Waals surface area contributed by atoms with Crippen LogP contribution in [-0.4, -0.2) is 23.1 Å². The number of aromatic nitrogens is 2. The topological polar surface area (TPSA) is 102 Å². The first-order valence-corrected chi connectivity index (χ1v) is 6.75. The molecule has 8 nitrogen and oxygen atoms in total. The van der Waals surface area contributed by atoms with Gasteiger partial charge in [0.25, 0.3) is 5.91 Å². The summed E-state index contributed by atoms with van der Waals surface area (Å²) in [5, 5.41) is 17.8. The molecule has 3 rings (SSSR count). The van der Waals surface area contributed by atoms with Gasteiger partial charge in [-0.3, -0.25) is 14.9 Å². The molecule has 22 heavy (non-hydrogen) atoms. The Balaban J connectivity index is 1.72. The number of hydrogen-bond acceptors (Lipinski definition) is 6. The molecule has 2 heterocycles. The molecule has 1 N–H and O–H groups in total. The van der Waals surface area contributed by atoms with Crippen LogP contribution in [0.5, 0.6) is 5.95 Å². The lowest BCUT2D eigenvalue weighted by Gasteiger charge is -2.15. The summed E-state index contributed by atoms with van der Waals surface area (Å²) in [6.07, 6.45) is 0.0525. The molecule has 1 aromatic heterocycles. The summed E-state index contributed by atoms with van der Waals surface area (Å²) in [5.41, 5.74) is 0.834. The molecule has 1 aliphatic rings. The monoisotopic (exact) mass is 302 g/mol. The van der Waals surface area contributed by atoms with Gasteiger partial charge in [-0.05, 0) is 12.1 Å². The smallest absolute Gasteiger partial charge is 0.251 e. The van der Waals surface area contributed by atoms with E-state index in [0.29, 0.717) is 11.4 Å². The lowest BCUT2D eigenvalue weighted by Crippen LogP contribution is -2.42. The maximum Gasteiger partial charge on any atom is 0.251 e. The van der Waals surface area contributed by atoms with Gasteiger partial charge in [0.15, 0.2) is 13.0 Å². The van der Waals surface area contributed by atoms with Gasteiger partial charge in [-0.1, -0.05) is 22.9 Å². The minimum absolute atomic E-state index is 0.0525. The van der Waals surface area contributed by atoms with E-state index in [0.717, 1.165) is 4.90 Å². The number of benzene rings is 1. The summed E-state index contributed by atoms with van der Waals surface area (Å²) in [5.74, 6) is -1.17. The van der Waals surface area contributed by atoms with Crippen LogP contribution < -0.4 is 20.0 Å². The summed E-state index contributed by atoms with van der Waals surface area (Å²) >= 11 is 0. The third-order valence-electron chi connectivity index (χ3n) is 3.55. The van der Waals surface area contributed by atoms with Gasteiger partial charge in [-0.15, -0.1) is 0 Å². The van der Waals surface area contributed by atoms with E-state index in [1.807, 2.05) is 6.07 Å². The fourth-order valence-electron chi connectivity index (χ4n) is 2.38. The zero-order chi connectivity index (χ0) is 15.7.